The highest BCUT2D eigenvalue weighted by molar-refractivity contribution is 7.12. The van der Waals surface area contributed by atoms with E-state index in [0.717, 1.165) is 18.4 Å². The van der Waals surface area contributed by atoms with Crippen LogP contribution in [0.15, 0.2) is 35.7 Å². The number of thiophene rings is 1. The second-order valence-corrected chi connectivity index (χ2v) is 7.79. The Bertz CT molecular complexity index is 848. The fourth-order valence-electron chi connectivity index (χ4n) is 3.23. The predicted octanol–water partition coefficient (Wildman–Crippen LogP) is 2.78. The van der Waals surface area contributed by atoms with Gasteiger partial charge in [-0.3, -0.25) is 14.4 Å². The van der Waals surface area contributed by atoms with Crippen LogP contribution < -0.4 is 10.6 Å². The molecule has 1 heterocycles. The SMILES string of the molecule is C[C@H](NC(=O)COC(=O)CNC(=O)c1cccs1)c1ccc2c(c1)CCCC2. The Morgan fingerprint density at radius 3 is 2.68 bits per heavy atom. The molecule has 2 N–H and O–H groups in total. The van der Waals surface area contributed by atoms with E-state index in [4.69, 9.17) is 4.74 Å². The van der Waals surface area contributed by atoms with E-state index in [2.05, 4.69) is 22.8 Å². The van der Waals surface area contributed by atoms with Gasteiger partial charge in [-0.15, -0.1) is 11.3 Å². The van der Waals surface area contributed by atoms with E-state index in [1.807, 2.05) is 13.0 Å². The van der Waals surface area contributed by atoms with Gasteiger partial charge in [-0.25, -0.2) is 0 Å². The summed E-state index contributed by atoms with van der Waals surface area (Å²) >= 11 is 1.29. The van der Waals surface area contributed by atoms with Gasteiger partial charge in [0.05, 0.1) is 10.9 Å². The van der Waals surface area contributed by atoms with Gasteiger partial charge >= 0.3 is 5.97 Å². The van der Waals surface area contributed by atoms with Gasteiger partial charge in [-0.1, -0.05) is 24.3 Å². The molecule has 0 bridgehead atoms. The molecule has 1 aliphatic carbocycles. The van der Waals surface area contributed by atoms with Gasteiger partial charge in [-0.2, -0.15) is 0 Å². The number of esters is 1. The normalized spacial score (nSPS) is 13.9. The number of carbonyl (C=O) groups excluding carboxylic acids is 3. The van der Waals surface area contributed by atoms with E-state index in [9.17, 15) is 14.4 Å². The Morgan fingerprint density at radius 1 is 1.14 bits per heavy atom. The van der Waals surface area contributed by atoms with Crippen molar-refractivity contribution in [2.24, 2.45) is 0 Å². The van der Waals surface area contributed by atoms with Crippen LogP contribution in [0.1, 0.15) is 52.2 Å². The van der Waals surface area contributed by atoms with Crippen molar-refractivity contribution in [3.8, 4) is 0 Å². The zero-order valence-electron chi connectivity index (χ0n) is 15.8. The van der Waals surface area contributed by atoms with Crippen LogP contribution in [0.2, 0.25) is 0 Å². The van der Waals surface area contributed by atoms with Crippen LogP contribution in [-0.4, -0.2) is 30.9 Å². The maximum absolute atomic E-state index is 12.1. The Balaban J connectivity index is 1.41. The van der Waals surface area contributed by atoms with E-state index in [1.54, 1.807) is 17.5 Å². The molecule has 2 aromatic rings. The summed E-state index contributed by atoms with van der Waals surface area (Å²) in [4.78, 5) is 36.1. The minimum Gasteiger partial charge on any atom is -0.454 e. The van der Waals surface area contributed by atoms with E-state index in [-0.39, 0.29) is 31.0 Å². The molecule has 148 valence electrons. The number of benzene rings is 1. The van der Waals surface area contributed by atoms with Gasteiger partial charge in [0.25, 0.3) is 11.8 Å². The van der Waals surface area contributed by atoms with Crippen molar-refractivity contribution in [3.05, 3.63) is 57.3 Å². The highest BCUT2D eigenvalue weighted by atomic mass is 32.1. The average Bonchev–Trinajstić information content (AvgIpc) is 3.25. The molecule has 1 aromatic heterocycles. The first-order valence-electron chi connectivity index (χ1n) is 9.41. The molecule has 0 saturated heterocycles. The van der Waals surface area contributed by atoms with Crippen LogP contribution in [0.25, 0.3) is 0 Å². The summed E-state index contributed by atoms with van der Waals surface area (Å²) in [5.74, 6) is -1.36. The lowest BCUT2D eigenvalue weighted by molar-refractivity contribution is -0.147. The first-order valence-corrected chi connectivity index (χ1v) is 10.3. The molecule has 6 nitrogen and oxygen atoms in total. The molecule has 1 aromatic carbocycles. The standard InChI is InChI=1S/C21H24N2O4S/c1-14(16-9-8-15-5-2-3-6-17(15)11-16)23-19(24)13-27-20(25)12-22-21(26)18-7-4-10-28-18/h4,7-11,14H,2-3,5-6,12-13H2,1H3,(H,22,26)(H,23,24)/t14-/m0/s1. The summed E-state index contributed by atoms with van der Waals surface area (Å²) in [5.41, 5.74) is 3.80. The molecule has 0 saturated carbocycles. The second-order valence-electron chi connectivity index (χ2n) is 6.85. The smallest absolute Gasteiger partial charge is 0.325 e. The summed E-state index contributed by atoms with van der Waals surface area (Å²) in [5, 5.41) is 7.09. The molecule has 28 heavy (non-hydrogen) atoms. The molecule has 0 unspecified atom stereocenters. The van der Waals surface area contributed by atoms with Crippen LogP contribution >= 0.6 is 11.3 Å². The monoisotopic (exact) mass is 400 g/mol. The van der Waals surface area contributed by atoms with Gasteiger partial charge < -0.3 is 15.4 Å². The van der Waals surface area contributed by atoms with E-state index in [1.165, 1.54) is 35.3 Å². The van der Waals surface area contributed by atoms with Crippen molar-refractivity contribution in [3.63, 3.8) is 0 Å². The number of rotatable bonds is 7. The third-order valence-corrected chi connectivity index (χ3v) is 5.62. The molecule has 3 rings (SSSR count). The van der Waals surface area contributed by atoms with Crippen molar-refractivity contribution in [1.82, 2.24) is 10.6 Å². The minimum atomic E-state index is -0.651. The van der Waals surface area contributed by atoms with Crippen molar-refractivity contribution in [1.29, 1.82) is 0 Å². The third kappa shape index (κ3) is 5.42. The number of amides is 2. The molecule has 0 spiro atoms. The quantitative estimate of drug-likeness (QED) is 0.700. The molecule has 0 radical (unpaired) electrons. The van der Waals surface area contributed by atoms with Crippen LogP contribution in [0.3, 0.4) is 0 Å². The lowest BCUT2D eigenvalue weighted by Crippen LogP contribution is -2.34. The number of carbonyl (C=O) groups is 3. The number of hydrogen-bond acceptors (Lipinski definition) is 5. The molecular formula is C21H24N2O4S. The minimum absolute atomic E-state index is 0.169. The highest BCUT2D eigenvalue weighted by Crippen LogP contribution is 2.24. The number of aryl methyl sites for hydroxylation is 2. The van der Waals surface area contributed by atoms with Gasteiger partial charge in [0.2, 0.25) is 0 Å². The number of fused-ring (bicyclic) bond motifs is 1. The van der Waals surface area contributed by atoms with E-state index >= 15 is 0 Å². The fraction of sp³-hybridized carbons (Fsp3) is 0.381. The Morgan fingerprint density at radius 2 is 1.93 bits per heavy atom. The van der Waals surface area contributed by atoms with Crippen LogP contribution in [-0.2, 0) is 27.2 Å². The average molecular weight is 401 g/mol. The number of nitrogens with one attached hydrogen (secondary N) is 2. The first kappa shape index (κ1) is 20.1. The van der Waals surface area contributed by atoms with E-state index in [0.29, 0.717) is 4.88 Å². The largest absolute Gasteiger partial charge is 0.454 e. The molecule has 7 heteroatoms. The van der Waals surface area contributed by atoms with E-state index < -0.39 is 5.97 Å². The summed E-state index contributed by atoms with van der Waals surface area (Å²) in [6, 6.07) is 9.60. The zero-order chi connectivity index (χ0) is 19.9. The highest BCUT2D eigenvalue weighted by Gasteiger charge is 2.15. The van der Waals surface area contributed by atoms with Crippen LogP contribution in [0.5, 0.6) is 0 Å². The fourth-order valence-corrected chi connectivity index (χ4v) is 3.87. The van der Waals surface area contributed by atoms with Gasteiger partial charge in [0.15, 0.2) is 6.61 Å². The summed E-state index contributed by atoms with van der Waals surface area (Å²) in [6.07, 6.45) is 4.64. The molecular weight excluding hydrogens is 376 g/mol. The topological polar surface area (TPSA) is 84.5 Å². The maximum atomic E-state index is 12.1. The van der Waals surface area contributed by atoms with Crippen molar-refractivity contribution in [2.75, 3.05) is 13.2 Å². The first-order chi connectivity index (χ1) is 13.5. The molecule has 2 amide bonds. The predicted molar refractivity (Wildman–Crippen MR) is 107 cm³/mol. The molecule has 0 fully saturated rings. The lowest BCUT2D eigenvalue weighted by Gasteiger charge is -2.20. The number of hydrogen-bond donors (Lipinski definition) is 2. The maximum Gasteiger partial charge on any atom is 0.325 e. The van der Waals surface area contributed by atoms with Crippen LogP contribution in [0, 0.1) is 0 Å². The van der Waals surface area contributed by atoms with Gasteiger partial charge in [-0.05, 0) is 60.7 Å². The Hall–Kier alpha value is -2.67. The second kappa shape index (κ2) is 9.50. The number of ether oxygens (including phenoxy) is 1. The molecule has 1 aliphatic rings. The molecule has 1 atom stereocenters. The lowest BCUT2D eigenvalue weighted by atomic mass is 9.89. The Kier molecular flexibility index (Phi) is 6.81. The van der Waals surface area contributed by atoms with Crippen molar-refractivity contribution in [2.45, 2.75) is 38.6 Å². The zero-order valence-corrected chi connectivity index (χ0v) is 16.6. The Labute approximate surface area is 168 Å². The van der Waals surface area contributed by atoms with Gasteiger partial charge in [0.1, 0.15) is 6.54 Å². The third-order valence-electron chi connectivity index (χ3n) is 4.75. The van der Waals surface area contributed by atoms with Crippen molar-refractivity contribution >= 4 is 29.1 Å². The summed E-state index contributed by atoms with van der Waals surface area (Å²) in [6.45, 7) is 1.26. The summed E-state index contributed by atoms with van der Waals surface area (Å²) < 4.78 is 4.94. The molecule has 0 aliphatic heterocycles. The van der Waals surface area contributed by atoms with Gasteiger partial charge in [0, 0.05) is 0 Å². The van der Waals surface area contributed by atoms with Crippen LogP contribution in [0.4, 0.5) is 0 Å². The van der Waals surface area contributed by atoms with Crippen molar-refractivity contribution < 1.29 is 19.1 Å². The summed E-state index contributed by atoms with van der Waals surface area (Å²) in [7, 11) is 0.